The van der Waals surface area contributed by atoms with Crippen LogP contribution in [0.2, 0.25) is 5.02 Å². The molecule has 0 atom stereocenters. The van der Waals surface area contributed by atoms with Crippen molar-refractivity contribution in [1.29, 1.82) is 0 Å². The van der Waals surface area contributed by atoms with Crippen molar-refractivity contribution >= 4 is 74.5 Å². The number of nitrogens with zero attached hydrogens (tertiary/aromatic N) is 2. The number of halogens is 1. The van der Waals surface area contributed by atoms with Gasteiger partial charge in [0.15, 0.2) is 8.07 Å². The van der Waals surface area contributed by atoms with Gasteiger partial charge < -0.3 is 9.80 Å². The minimum atomic E-state index is -3.14. The molecule has 322 valence electrons. The van der Waals surface area contributed by atoms with Gasteiger partial charge in [0.1, 0.15) is 0 Å². The first-order chi connectivity index (χ1) is 29.6. The molecule has 8 rings (SSSR count). The van der Waals surface area contributed by atoms with Crippen LogP contribution in [0.15, 0.2) is 158 Å². The molecule has 0 saturated carbocycles. The minimum absolute atomic E-state index is 0.00605. The van der Waals surface area contributed by atoms with E-state index in [1.54, 1.807) is 0 Å². The number of fused-ring (bicyclic) bond motifs is 6. The first kappa shape index (κ1) is 44.3. The molecule has 0 amide bonds. The van der Waals surface area contributed by atoms with Crippen molar-refractivity contribution < 1.29 is 0 Å². The Morgan fingerprint density at radius 3 is 1.00 bits per heavy atom. The van der Waals surface area contributed by atoms with E-state index in [1.807, 2.05) is 0 Å². The van der Waals surface area contributed by atoms with E-state index in [4.69, 9.17) is 11.6 Å². The van der Waals surface area contributed by atoms with E-state index in [0.717, 1.165) is 39.7 Å². The van der Waals surface area contributed by atoms with Crippen molar-refractivity contribution in [2.45, 2.75) is 112 Å². The van der Waals surface area contributed by atoms with Crippen LogP contribution < -0.4 is 30.5 Å². The number of anilines is 6. The van der Waals surface area contributed by atoms with Crippen molar-refractivity contribution in [3.8, 4) is 0 Å². The van der Waals surface area contributed by atoms with Crippen LogP contribution in [0.5, 0.6) is 0 Å². The van der Waals surface area contributed by atoms with Crippen LogP contribution in [-0.4, -0.2) is 8.07 Å². The fourth-order valence-corrected chi connectivity index (χ4v) is 14.4. The third-order valence-electron chi connectivity index (χ3n) is 13.0. The second kappa shape index (κ2) is 16.0. The first-order valence-electron chi connectivity index (χ1n) is 22.6. The van der Waals surface area contributed by atoms with Gasteiger partial charge in [0.25, 0.3) is 0 Å². The SMILES string of the molecule is Cc1cc2c(Cl)c(c1)N(c1ccc(C(C)(C)C)cc1)c1cc(C(C)(C)C)cc(c1)[Si](c1ccccc1)(c1ccccc1)c1cc(cc(C(C)(C)C)c1)N2c1ccc(C(C)(C)C)cc1. The van der Waals surface area contributed by atoms with Crippen molar-refractivity contribution in [2.24, 2.45) is 0 Å². The third-order valence-corrected chi connectivity index (χ3v) is 18.1. The number of hydrogen-bond acceptors (Lipinski definition) is 2. The third kappa shape index (κ3) is 8.31. The Morgan fingerprint density at radius 1 is 0.349 bits per heavy atom. The van der Waals surface area contributed by atoms with Gasteiger partial charge in [-0.05, 0) is 138 Å². The average Bonchev–Trinajstić information content (AvgIpc) is 3.22. The van der Waals surface area contributed by atoms with Gasteiger partial charge in [-0.1, -0.05) is 192 Å². The molecule has 6 bridgehead atoms. The molecule has 7 aromatic rings. The maximum atomic E-state index is 8.06. The summed E-state index contributed by atoms with van der Waals surface area (Å²) in [7, 11) is -3.14. The maximum Gasteiger partial charge on any atom is 0.179 e. The molecular weight excluding hydrogens is 800 g/mol. The van der Waals surface area contributed by atoms with Gasteiger partial charge in [-0.3, -0.25) is 0 Å². The van der Waals surface area contributed by atoms with Crippen LogP contribution in [0.3, 0.4) is 0 Å². The van der Waals surface area contributed by atoms with E-state index in [2.05, 4.69) is 258 Å². The van der Waals surface area contributed by atoms with E-state index >= 15 is 0 Å². The Hall–Kier alpha value is -5.35. The zero-order valence-electron chi connectivity index (χ0n) is 39.8. The monoisotopic (exact) mass is 864 g/mol. The number of benzene rings is 7. The Bertz CT molecular complexity index is 2570. The van der Waals surface area contributed by atoms with Crippen LogP contribution >= 0.6 is 11.6 Å². The highest BCUT2D eigenvalue weighted by Gasteiger charge is 2.44. The molecule has 1 aliphatic heterocycles. The van der Waals surface area contributed by atoms with E-state index in [-0.39, 0.29) is 21.7 Å². The highest BCUT2D eigenvalue weighted by Crippen LogP contribution is 2.49. The predicted octanol–water partition coefficient (Wildman–Crippen LogP) is 14.5. The first-order valence-corrected chi connectivity index (χ1v) is 25.0. The van der Waals surface area contributed by atoms with Gasteiger partial charge in [0.2, 0.25) is 0 Å². The topological polar surface area (TPSA) is 6.48 Å². The van der Waals surface area contributed by atoms with Gasteiger partial charge in [-0.25, -0.2) is 0 Å². The normalized spacial score (nSPS) is 14.3. The van der Waals surface area contributed by atoms with Gasteiger partial charge in [-0.15, -0.1) is 0 Å². The van der Waals surface area contributed by atoms with E-state index in [9.17, 15) is 0 Å². The van der Waals surface area contributed by atoms with Gasteiger partial charge in [0.05, 0.1) is 16.4 Å². The standard InChI is InChI=1S/C59H65ClN2Si/c1-40-32-53-55(60)54(33-40)62(46-30-26-42(27-31-46)57(5,6)7)48-35-44(59(11,12)13)37-52(39-48)63(49-20-16-14-17-21-49,50-22-18-15-19-23-50)51-36-43(58(8,9)10)34-47(38-51)61(53)45-28-24-41(25-29-45)56(2,3)4/h14-39H,1-13H3. The number of rotatable bonds is 4. The van der Waals surface area contributed by atoms with Crippen LogP contribution in [0, 0.1) is 6.92 Å². The molecule has 1 aliphatic rings. The summed E-state index contributed by atoms with van der Waals surface area (Å²) in [5, 5.41) is 6.05. The van der Waals surface area contributed by atoms with Crippen molar-refractivity contribution in [2.75, 3.05) is 9.80 Å². The molecule has 4 heteroatoms. The minimum Gasteiger partial charge on any atom is -0.309 e. The maximum absolute atomic E-state index is 8.06. The molecule has 0 N–H and O–H groups in total. The summed E-state index contributed by atoms with van der Waals surface area (Å²) >= 11 is 8.06. The summed E-state index contributed by atoms with van der Waals surface area (Å²) in [6.45, 7) is 29.9. The van der Waals surface area contributed by atoms with Crippen LogP contribution in [-0.2, 0) is 21.7 Å². The van der Waals surface area contributed by atoms with Crippen molar-refractivity contribution in [3.05, 3.63) is 191 Å². The predicted molar refractivity (Wildman–Crippen MR) is 278 cm³/mol. The van der Waals surface area contributed by atoms with Gasteiger partial charge in [-0.2, -0.15) is 0 Å². The number of aryl methyl sites for hydroxylation is 1. The Morgan fingerprint density at radius 2 is 0.683 bits per heavy atom. The van der Waals surface area contributed by atoms with Crippen molar-refractivity contribution in [1.82, 2.24) is 0 Å². The largest absolute Gasteiger partial charge is 0.309 e. The van der Waals surface area contributed by atoms with Gasteiger partial charge >= 0.3 is 0 Å². The summed E-state index contributed by atoms with van der Waals surface area (Å²) in [4.78, 5) is 4.85. The molecule has 0 spiro atoms. The Kier molecular flexibility index (Phi) is 11.3. The lowest BCUT2D eigenvalue weighted by Crippen LogP contribution is -2.75. The molecule has 0 radical (unpaired) electrons. The summed E-state index contributed by atoms with van der Waals surface area (Å²) in [5.74, 6) is 0. The smallest absolute Gasteiger partial charge is 0.179 e. The molecule has 0 fully saturated rings. The molecule has 0 aliphatic carbocycles. The molecule has 0 saturated heterocycles. The van der Waals surface area contributed by atoms with Gasteiger partial charge in [0, 0.05) is 22.7 Å². The summed E-state index contributed by atoms with van der Waals surface area (Å²) in [6, 6.07) is 60.5. The zero-order valence-corrected chi connectivity index (χ0v) is 41.5. The lowest BCUT2D eigenvalue weighted by atomic mass is 9.86. The van der Waals surface area contributed by atoms with E-state index in [0.29, 0.717) is 5.02 Å². The highest BCUT2D eigenvalue weighted by atomic mass is 35.5. The molecule has 7 aromatic carbocycles. The van der Waals surface area contributed by atoms with Crippen LogP contribution in [0.1, 0.15) is 111 Å². The van der Waals surface area contributed by atoms with E-state index < -0.39 is 8.07 Å². The molecule has 63 heavy (non-hydrogen) atoms. The molecule has 1 heterocycles. The van der Waals surface area contributed by atoms with Crippen LogP contribution in [0.25, 0.3) is 0 Å². The quantitative estimate of drug-likeness (QED) is 0.163. The zero-order chi connectivity index (χ0) is 45.3. The van der Waals surface area contributed by atoms with Crippen LogP contribution in [0.4, 0.5) is 34.1 Å². The molecule has 2 nitrogen and oxygen atoms in total. The summed E-state index contributed by atoms with van der Waals surface area (Å²) in [5.41, 5.74) is 12.2. The molecular formula is C59H65ClN2Si. The molecule has 0 aromatic heterocycles. The van der Waals surface area contributed by atoms with E-state index in [1.165, 1.54) is 43.0 Å². The Labute approximate surface area is 384 Å². The second-order valence-corrected chi connectivity index (χ2v) is 26.1. The lowest BCUT2D eigenvalue weighted by molar-refractivity contribution is 0.590. The molecule has 0 unspecified atom stereocenters. The van der Waals surface area contributed by atoms with Crippen molar-refractivity contribution in [3.63, 3.8) is 0 Å². The Balaban J connectivity index is 1.62. The fourth-order valence-electron chi connectivity index (χ4n) is 9.29. The second-order valence-electron chi connectivity index (χ2n) is 21.9. The average molecular weight is 866 g/mol. The fraction of sp³-hybridized carbons (Fsp3) is 0.288. The summed E-state index contributed by atoms with van der Waals surface area (Å²) in [6.07, 6.45) is 0. The summed E-state index contributed by atoms with van der Waals surface area (Å²) < 4.78 is 0. The lowest BCUT2D eigenvalue weighted by Gasteiger charge is -2.40. The number of hydrogen-bond donors (Lipinski definition) is 0. The highest BCUT2D eigenvalue weighted by molar-refractivity contribution is 7.20.